The molecule has 1 atom stereocenters. The van der Waals surface area contributed by atoms with Crippen molar-refractivity contribution in [1.29, 1.82) is 0 Å². The van der Waals surface area contributed by atoms with Gasteiger partial charge in [0.15, 0.2) is 0 Å². The smallest absolute Gasteiger partial charge is 0.276 e. The van der Waals surface area contributed by atoms with E-state index in [1.165, 1.54) is 16.4 Å². The van der Waals surface area contributed by atoms with Crippen molar-refractivity contribution in [2.75, 3.05) is 19.6 Å². The monoisotopic (exact) mass is 445 g/mol. The fraction of sp³-hybridized carbons (Fsp3) is 0.364. The molecule has 8 nitrogen and oxygen atoms in total. The maximum atomic E-state index is 13.0. The lowest BCUT2D eigenvalue weighted by Crippen LogP contribution is -2.36. The van der Waals surface area contributed by atoms with Crippen LogP contribution in [0.3, 0.4) is 0 Å². The van der Waals surface area contributed by atoms with Gasteiger partial charge >= 0.3 is 0 Å². The number of rotatable bonds is 8. The molecule has 1 aliphatic rings. The molecule has 31 heavy (non-hydrogen) atoms. The van der Waals surface area contributed by atoms with Gasteiger partial charge in [-0.25, -0.2) is 8.42 Å². The molecule has 1 aromatic carbocycles. The number of nitrogens with zero attached hydrogens (tertiary/aromatic N) is 1. The van der Waals surface area contributed by atoms with E-state index < -0.39 is 10.0 Å². The van der Waals surface area contributed by atoms with E-state index in [0.29, 0.717) is 38.8 Å². The van der Waals surface area contributed by atoms with Crippen LogP contribution in [0.5, 0.6) is 0 Å². The van der Waals surface area contributed by atoms with Gasteiger partial charge in [-0.15, -0.1) is 0 Å². The molecule has 1 aromatic heterocycles. The Morgan fingerprint density at radius 3 is 2.71 bits per heavy atom. The summed E-state index contributed by atoms with van der Waals surface area (Å²) in [5.74, 6) is -0.653. The fourth-order valence-electron chi connectivity index (χ4n) is 3.48. The fourth-order valence-corrected chi connectivity index (χ4v) is 4.90. The van der Waals surface area contributed by atoms with Gasteiger partial charge in [0, 0.05) is 31.7 Å². The highest BCUT2D eigenvalue weighted by atomic mass is 32.2. The molecule has 0 aliphatic carbocycles. The van der Waals surface area contributed by atoms with Crippen LogP contribution in [0.25, 0.3) is 0 Å². The summed E-state index contributed by atoms with van der Waals surface area (Å²) in [7, 11) is -3.87. The van der Waals surface area contributed by atoms with Gasteiger partial charge in [0.2, 0.25) is 11.0 Å². The lowest BCUT2D eigenvalue weighted by Gasteiger charge is -2.18. The zero-order chi connectivity index (χ0) is 22.3. The highest BCUT2D eigenvalue weighted by molar-refractivity contribution is 7.89. The Kier molecular flexibility index (Phi) is 7.64. The van der Waals surface area contributed by atoms with E-state index in [1.54, 1.807) is 0 Å². The van der Waals surface area contributed by atoms with Crippen LogP contribution in [0.15, 0.2) is 64.8 Å². The van der Waals surface area contributed by atoms with Crippen molar-refractivity contribution in [1.82, 2.24) is 14.9 Å². The molecule has 1 fully saturated rings. The molecule has 1 aliphatic heterocycles. The van der Waals surface area contributed by atoms with Gasteiger partial charge in [-0.2, -0.15) is 4.31 Å². The molecule has 3 rings (SSSR count). The number of carbonyl (C=O) groups excluding carboxylic acids is 2. The standard InChI is InChI=1S/C22H27N3O5S/c1-2-20(26)24-19-9-6-13-25(14-11-19)31(28,29)21-15-18(16-30-21)22(27)23-12-10-17-7-4-3-5-8-17/h2-5,7-8,15-16,19H,1,6,9-14H2,(H,23,27)(H,24,26). The number of sulfonamides is 1. The minimum absolute atomic E-state index is 0.103. The van der Waals surface area contributed by atoms with Crippen LogP contribution in [0.2, 0.25) is 0 Å². The SMILES string of the molecule is C=CC(=O)NC1CCCN(S(=O)(=O)c2cc(C(=O)NCCc3ccccc3)co2)CC1. The van der Waals surface area contributed by atoms with E-state index in [4.69, 9.17) is 4.42 Å². The maximum absolute atomic E-state index is 13.0. The van der Waals surface area contributed by atoms with Gasteiger partial charge in [0.1, 0.15) is 6.26 Å². The first-order valence-corrected chi connectivity index (χ1v) is 11.7. The van der Waals surface area contributed by atoms with Crippen molar-refractivity contribution < 1.29 is 22.4 Å². The van der Waals surface area contributed by atoms with E-state index >= 15 is 0 Å². The Morgan fingerprint density at radius 1 is 1.19 bits per heavy atom. The zero-order valence-corrected chi connectivity index (χ0v) is 18.1. The van der Waals surface area contributed by atoms with Gasteiger partial charge in [0.25, 0.3) is 15.9 Å². The van der Waals surface area contributed by atoms with Gasteiger partial charge in [-0.3, -0.25) is 9.59 Å². The molecule has 2 heterocycles. The van der Waals surface area contributed by atoms with Crippen molar-refractivity contribution in [2.45, 2.75) is 36.8 Å². The van der Waals surface area contributed by atoms with Gasteiger partial charge in [-0.05, 0) is 37.3 Å². The Labute approximate surface area is 182 Å². The van der Waals surface area contributed by atoms with Crippen molar-refractivity contribution in [3.63, 3.8) is 0 Å². The van der Waals surface area contributed by atoms with Crippen LogP contribution in [0, 0.1) is 0 Å². The van der Waals surface area contributed by atoms with Crippen molar-refractivity contribution in [3.05, 3.63) is 66.4 Å². The first-order valence-electron chi connectivity index (χ1n) is 10.2. The first-order chi connectivity index (χ1) is 14.9. The number of carbonyl (C=O) groups is 2. The number of hydrogen-bond acceptors (Lipinski definition) is 5. The second kappa shape index (κ2) is 10.4. The summed E-state index contributed by atoms with van der Waals surface area (Å²) in [6.07, 6.45) is 4.82. The predicted molar refractivity (Wildman–Crippen MR) is 116 cm³/mol. The van der Waals surface area contributed by atoms with E-state index in [1.807, 2.05) is 30.3 Å². The zero-order valence-electron chi connectivity index (χ0n) is 17.2. The Bertz CT molecular complexity index is 1020. The molecule has 0 radical (unpaired) electrons. The number of nitrogens with one attached hydrogen (secondary N) is 2. The lowest BCUT2D eigenvalue weighted by molar-refractivity contribution is -0.117. The molecule has 1 unspecified atom stereocenters. The summed E-state index contributed by atoms with van der Waals surface area (Å²) in [5, 5.41) is 5.34. The molecule has 2 N–H and O–H groups in total. The number of amides is 2. The van der Waals surface area contributed by atoms with E-state index in [-0.39, 0.29) is 35.1 Å². The molecule has 166 valence electrons. The van der Waals surface area contributed by atoms with Crippen LogP contribution in [-0.4, -0.2) is 50.2 Å². The number of hydrogen-bond donors (Lipinski definition) is 2. The number of furan rings is 1. The third-order valence-corrected chi connectivity index (χ3v) is 6.96. The second-order valence-electron chi connectivity index (χ2n) is 7.39. The second-order valence-corrected chi connectivity index (χ2v) is 9.26. The van der Waals surface area contributed by atoms with Crippen molar-refractivity contribution in [2.24, 2.45) is 0 Å². The topological polar surface area (TPSA) is 109 Å². The molecule has 2 aromatic rings. The summed E-state index contributed by atoms with van der Waals surface area (Å²) in [4.78, 5) is 23.9. The van der Waals surface area contributed by atoms with Crippen LogP contribution < -0.4 is 10.6 Å². The minimum atomic E-state index is -3.87. The Hall–Kier alpha value is -2.91. The van der Waals surface area contributed by atoms with Crippen LogP contribution in [-0.2, 0) is 21.2 Å². The largest absolute Gasteiger partial charge is 0.451 e. The molecule has 0 bridgehead atoms. The van der Waals surface area contributed by atoms with Crippen molar-refractivity contribution in [3.8, 4) is 0 Å². The first kappa shape index (κ1) is 22.8. The molecule has 9 heteroatoms. The normalized spacial score (nSPS) is 17.5. The maximum Gasteiger partial charge on any atom is 0.276 e. The molecular formula is C22H27N3O5S. The van der Waals surface area contributed by atoms with E-state index in [0.717, 1.165) is 11.8 Å². The molecule has 1 saturated heterocycles. The summed E-state index contributed by atoms with van der Waals surface area (Å²) >= 11 is 0. The average Bonchev–Trinajstić information content (AvgIpc) is 3.16. The Morgan fingerprint density at radius 2 is 1.97 bits per heavy atom. The Balaban J connectivity index is 1.57. The third-order valence-electron chi connectivity index (χ3n) is 5.19. The van der Waals surface area contributed by atoms with Gasteiger partial charge in [-0.1, -0.05) is 36.9 Å². The highest BCUT2D eigenvalue weighted by Gasteiger charge is 2.31. The molecule has 0 saturated carbocycles. The summed E-state index contributed by atoms with van der Waals surface area (Å²) in [6.45, 7) is 4.44. The summed E-state index contributed by atoms with van der Waals surface area (Å²) < 4.78 is 32.5. The average molecular weight is 446 g/mol. The van der Waals surface area contributed by atoms with E-state index in [2.05, 4.69) is 17.2 Å². The lowest BCUT2D eigenvalue weighted by atomic mass is 10.1. The van der Waals surface area contributed by atoms with Crippen LogP contribution in [0.4, 0.5) is 0 Å². The van der Waals surface area contributed by atoms with Gasteiger partial charge in [0.05, 0.1) is 5.56 Å². The quantitative estimate of drug-likeness (QED) is 0.605. The molecule has 2 amide bonds. The minimum Gasteiger partial charge on any atom is -0.451 e. The predicted octanol–water partition coefficient (Wildman–Crippen LogP) is 2.10. The van der Waals surface area contributed by atoms with Crippen LogP contribution in [0.1, 0.15) is 35.2 Å². The van der Waals surface area contributed by atoms with Gasteiger partial charge < -0.3 is 15.1 Å². The summed E-state index contributed by atoms with van der Waals surface area (Å²) in [5.41, 5.74) is 1.26. The molecule has 0 spiro atoms. The van der Waals surface area contributed by atoms with Crippen molar-refractivity contribution >= 4 is 21.8 Å². The molecular weight excluding hydrogens is 418 g/mol. The van der Waals surface area contributed by atoms with E-state index in [9.17, 15) is 18.0 Å². The highest BCUT2D eigenvalue weighted by Crippen LogP contribution is 2.22. The summed E-state index contributed by atoms with van der Waals surface area (Å²) in [6, 6.07) is 10.9. The third kappa shape index (κ3) is 6.05. The number of benzene rings is 1. The van der Waals surface area contributed by atoms with Crippen LogP contribution >= 0.6 is 0 Å².